The Bertz CT molecular complexity index is 579. The zero-order valence-electron chi connectivity index (χ0n) is 11.1. The van der Waals surface area contributed by atoms with E-state index >= 15 is 0 Å². The minimum atomic E-state index is 0.165. The van der Waals surface area contributed by atoms with E-state index < -0.39 is 0 Å². The van der Waals surface area contributed by atoms with E-state index in [1.165, 1.54) is 17.5 Å². The summed E-state index contributed by atoms with van der Waals surface area (Å²) in [5.41, 5.74) is 8.79. The zero-order valence-corrected chi connectivity index (χ0v) is 11.9. The third kappa shape index (κ3) is 2.80. The maximum Gasteiger partial charge on any atom is 0.124 e. The monoisotopic (exact) mass is 274 g/mol. The summed E-state index contributed by atoms with van der Waals surface area (Å²) in [5.74, 6) is 0.905. The van der Waals surface area contributed by atoms with Crippen molar-refractivity contribution in [3.05, 3.63) is 45.4 Å². The van der Waals surface area contributed by atoms with E-state index in [1.54, 1.807) is 11.3 Å². The smallest absolute Gasteiger partial charge is 0.124 e. The van der Waals surface area contributed by atoms with Crippen LogP contribution in [0.5, 0.6) is 5.75 Å². The maximum absolute atomic E-state index is 6.16. The van der Waals surface area contributed by atoms with E-state index in [1.807, 2.05) is 19.2 Å². The number of aromatic nitrogens is 1. The van der Waals surface area contributed by atoms with Crippen molar-refractivity contribution in [2.24, 2.45) is 5.73 Å². The van der Waals surface area contributed by atoms with E-state index in [4.69, 9.17) is 10.5 Å². The van der Waals surface area contributed by atoms with Gasteiger partial charge in [0.15, 0.2) is 0 Å². The van der Waals surface area contributed by atoms with Crippen LogP contribution in [0.4, 0.5) is 0 Å². The lowest BCUT2D eigenvalue weighted by atomic mass is 9.88. The van der Waals surface area contributed by atoms with E-state index in [9.17, 15) is 0 Å². The molecular weight excluding hydrogens is 256 g/mol. The van der Waals surface area contributed by atoms with Crippen LogP contribution in [0.1, 0.15) is 39.9 Å². The summed E-state index contributed by atoms with van der Waals surface area (Å²) < 4.78 is 5.83. The second-order valence-electron chi connectivity index (χ2n) is 4.99. The van der Waals surface area contributed by atoms with Crippen LogP contribution in [0.15, 0.2) is 24.4 Å². The summed E-state index contributed by atoms with van der Waals surface area (Å²) in [4.78, 5) is 5.38. The molecule has 3 nitrogen and oxygen atoms in total. The fraction of sp³-hybridized carbons (Fsp3) is 0.400. The molecule has 1 aromatic carbocycles. The predicted molar refractivity (Wildman–Crippen MR) is 77.5 cm³/mol. The van der Waals surface area contributed by atoms with Gasteiger partial charge in [0.2, 0.25) is 0 Å². The van der Waals surface area contributed by atoms with E-state index in [2.05, 4.69) is 17.1 Å². The summed E-state index contributed by atoms with van der Waals surface area (Å²) in [5, 5.41) is 1.08. The Hall–Kier alpha value is -1.39. The summed E-state index contributed by atoms with van der Waals surface area (Å²) in [6, 6.07) is 6.47. The minimum Gasteiger partial charge on any atom is -0.488 e. The third-order valence-electron chi connectivity index (χ3n) is 3.53. The standard InChI is InChI=1S/C15H18N2OS/c1-10-17-8-13(19-10)9-18-12-6-5-11-3-2-4-15(16)14(11)7-12/h5-8,15H,2-4,9,16H2,1H3/t15-/m1/s1. The van der Waals surface area contributed by atoms with Crippen molar-refractivity contribution in [2.75, 3.05) is 0 Å². The molecule has 0 saturated carbocycles. The van der Waals surface area contributed by atoms with Gasteiger partial charge in [0.05, 0.1) is 9.88 Å². The average Bonchev–Trinajstić information content (AvgIpc) is 2.83. The van der Waals surface area contributed by atoms with Gasteiger partial charge in [0, 0.05) is 12.2 Å². The number of nitrogens with zero attached hydrogens (tertiary/aromatic N) is 1. The molecule has 0 spiro atoms. The molecule has 1 aromatic heterocycles. The maximum atomic E-state index is 6.16. The molecule has 3 rings (SSSR count). The van der Waals surface area contributed by atoms with Crippen LogP contribution in [0.2, 0.25) is 0 Å². The Morgan fingerprint density at radius 2 is 2.37 bits per heavy atom. The quantitative estimate of drug-likeness (QED) is 0.933. The number of nitrogens with two attached hydrogens (primary N) is 1. The normalized spacial score (nSPS) is 18.1. The SMILES string of the molecule is Cc1ncc(COc2ccc3c(c2)[C@H](N)CCC3)s1. The molecule has 1 aliphatic rings. The molecule has 0 aliphatic heterocycles. The van der Waals surface area contributed by atoms with Crippen LogP contribution in [-0.2, 0) is 13.0 Å². The van der Waals surface area contributed by atoms with Gasteiger partial charge < -0.3 is 10.5 Å². The summed E-state index contributed by atoms with van der Waals surface area (Å²) in [7, 11) is 0. The molecule has 2 aromatic rings. The number of ether oxygens (including phenoxy) is 1. The summed E-state index contributed by atoms with van der Waals surface area (Å²) in [6.07, 6.45) is 5.28. The van der Waals surface area contributed by atoms with Gasteiger partial charge in [0.1, 0.15) is 12.4 Å². The Kier molecular flexibility index (Phi) is 3.53. The average molecular weight is 274 g/mol. The first-order chi connectivity index (χ1) is 9.22. The van der Waals surface area contributed by atoms with Crippen molar-refractivity contribution in [1.82, 2.24) is 4.98 Å². The number of thiazole rings is 1. The van der Waals surface area contributed by atoms with Crippen LogP contribution in [0, 0.1) is 6.92 Å². The largest absolute Gasteiger partial charge is 0.488 e. The number of hydrogen-bond donors (Lipinski definition) is 1. The topological polar surface area (TPSA) is 48.1 Å². The highest BCUT2D eigenvalue weighted by molar-refractivity contribution is 7.11. The van der Waals surface area contributed by atoms with E-state index in [0.29, 0.717) is 6.61 Å². The van der Waals surface area contributed by atoms with Crippen molar-refractivity contribution in [3.8, 4) is 5.75 Å². The molecule has 1 aliphatic carbocycles. The summed E-state index contributed by atoms with van der Waals surface area (Å²) >= 11 is 1.68. The highest BCUT2D eigenvalue weighted by Gasteiger charge is 2.17. The number of hydrogen-bond acceptors (Lipinski definition) is 4. The minimum absolute atomic E-state index is 0.165. The fourth-order valence-corrected chi connectivity index (χ4v) is 3.24. The molecule has 100 valence electrons. The Labute approximate surface area is 117 Å². The lowest BCUT2D eigenvalue weighted by Crippen LogP contribution is -2.17. The Morgan fingerprint density at radius 1 is 1.47 bits per heavy atom. The molecule has 4 heteroatoms. The number of rotatable bonds is 3. The molecular formula is C15H18N2OS. The predicted octanol–water partition coefficient (Wildman–Crippen LogP) is 3.37. The fourth-order valence-electron chi connectivity index (χ4n) is 2.53. The van der Waals surface area contributed by atoms with Gasteiger partial charge in [-0.15, -0.1) is 11.3 Å². The zero-order chi connectivity index (χ0) is 13.2. The van der Waals surface area contributed by atoms with Crippen molar-refractivity contribution in [3.63, 3.8) is 0 Å². The Morgan fingerprint density at radius 3 is 3.16 bits per heavy atom. The third-order valence-corrected chi connectivity index (χ3v) is 4.41. The van der Waals surface area contributed by atoms with Gasteiger partial charge in [0.25, 0.3) is 0 Å². The number of fused-ring (bicyclic) bond motifs is 1. The molecule has 0 unspecified atom stereocenters. The molecule has 0 fully saturated rings. The van der Waals surface area contributed by atoms with Crippen LogP contribution < -0.4 is 10.5 Å². The molecule has 1 atom stereocenters. The Balaban J connectivity index is 1.73. The van der Waals surface area contributed by atoms with Crippen molar-refractivity contribution in [1.29, 1.82) is 0 Å². The van der Waals surface area contributed by atoms with Crippen molar-refractivity contribution >= 4 is 11.3 Å². The van der Waals surface area contributed by atoms with E-state index in [-0.39, 0.29) is 6.04 Å². The first kappa shape index (κ1) is 12.6. The second kappa shape index (κ2) is 5.31. The van der Waals surface area contributed by atoms with E-state index in [0.717, 1.165) is 28.5 Å². The number of benzene rings is 1. The molecule has 0 saturated heterocycles. The van der Waals surface area contributed by atoms with Gasteiger partial charge in [-0.3, -0.25) is 0 Å². The molecule has 1 heterocycles. The highest BCUT2D eigenvalue weighted by Crippen LogP contribution is 2.31. The van der Waals surface area contributed by atoms with Crippen LogP contribution in [0.3, 0.4) is 0 Å². The van der Waals surface area contributed by atoms with Gasteiger partial charge >= 0.3 is 0 Å². The molecule has 19 heavy (non-hydrogen) atoms. The van der Waals surface area contributed by atoms with Gasteiger partial charge in [-0.1, -0.05) is 6.07 Å². The summed E-state index contributed by atoms with van der Waals surface area (Å²) in [6.45, 7) is 2.59. The molecule has 0 amide bonds. The van der Waals surface area contributed by atoms with Crippen LogP contribution in [0.25, 0.3) is 0 Å². The lowest BCUT2D eigenvalue weighted by molar-refractivity contribution is 0.308. The lowest BCUT2D eigenvalue weighted by Gasteiger charge is -2.22. The van der Waals surface area contributed by atoms with Gasteiger partial charge in [-0.25, -0.2) is 4.98 Å². The first-order valence-electron chi connectivity index (χ1n) is 6.65. The molecule has 0 bridgehead atoms. The number of aryl methyl sites for hydroxylation is 2. The van der Waals surface area contributed by atoms with Crippen LogP contribution >= 0.6 is 11.3 Å². The second-order valence-corrected chi connectivity index (χ2v) is 6.31. The molecule has 0 radical (unpaired) electrons. The highest BCUT2D eigenvalue weighted by atomic mass is 32.1. The first-order valence-corrected chi connectivity index (χ1v) is 7.46. The van der Waals surface area contributed by atoms with Crippen molar-refractivity contribution < 1.29 is 4.74 Å². The van der Waals surface area contributed by atoms with Gasteiger partial charge in [-0.2, -0.15) is 0 Å². The van der Waals surface area contributed by atoms with Crippen molar-refractivity contribution in [2.45, 2.75) is 38.8 Å². The van der Waals surface area contributed by atoms with Crippen LogP contribution in [-0.4, -0.2) is 4.98 Å². The molecule has 2 N–H and O–H groups in total. The van der Waals surface area contributed by atoms with Gasteiger partial charge in [-0.05, 0) is 49.4 Å².